The summed E-state index contributed by atoms with van der Waals surface area (Å²) >= 11 is -0.470. The Morgan fingerprint density at radius 3 is 1.28 bits per heavy atom. The Morgan fingerprint density at radius 1 is 0.778 bits per heavy atom. The molecule has 0 heterocycles. The van der Waals surface area contributed by atoms with Crippen molar-refractivity contribution >= 4 is 23.5 Å². The van der Waals surface area contributed by atoms with E-state index in [2.05, 4.69) is 0 Å². The number of alkyl halides is 6. The summed E-state index contributed by atoms with van der Waals surface area (Å²) < 4.78 is 73.1. The van der Waals surface area contributed by atoms with E-state index in [1.807, 2.05) is 0 Å². The molecule has 110 valence electrons. The molecule has 0 saturated heterocycles. The van der Waals surface area contributed by atoms with Crippen LogP contribution in [-0.2, 0) is 0 Å². The molecule has 2 N–H and O–H groups in total. The van der Waals surface area contributed by atoms with Crippen LogP contribution in [0, 0.1) is 0 Å². The van der Waals surface area contributed by atoms with E-state index in [1.165, 1.54) is 0 Å². The molecule has 2 atom stereocenters. The summed E-state index contributed by atoms with van der Waals surface area (Å²) in [5, 5.41) is 10.9. The van der Waals surface area contributed by atoms with Gasteiger partial charge in [-0.25, -0.2) is 8.78 Å². The van der Waals surface area contributed by atoms with Gasteiger partial charge < -0.3 is 10.2 Å². The number of aliphatic hydroxyl groups is 2. The van der Waals surface area contributed by atoms with E-state index < -0.39 is 47.6 Å². The number of hydrogen-bond acceptors (Lipinski definition) is 4. The fourth-order valence-corrected chi connectivity index (χ4v) is 2.14. The summed E-state index contributed by atoms with van der Waals surface area (Å²) in [4.78, 5) is 0. The SMILES string of the molecule is OC(CSC(F)(F)CF)C(O)CSC(F)(F)CF. The number of thioether (sulfide) groups is 2. The molecular weight excluding hydrogens is 306 g/mol. The number of aliphatic hydroxyl groups excluding tert-OH is 2. The van der Waals surface area contributed by atoms with E-state index in [9.17, 15) is 26.3 Å². The molecule has 0 spiro atoms. The highest BCUT2D eigenvalue weighted by atomic mass is 32.2. The van der Waals surface area contributed by atoms with Crippen LogP contribution in [0.1, 0.15) is 0 Å². The quantitative estimate of drug-likeness (QED) is 0.640. The maximum Gasteiger partial charge on any atom is 0.321 e. The Kier molecular flexibility index (Phi) is 7.79. The highest BCUT2D eigenvalue weighted by molar-refractivity contribution is 8.00. The topological polar surface area (TPSA) is 40.5 Å². The van der Waals surface area contributed by atoms with Crippen molar-refractivity contribution in [3.05, 3.63) is 0 Å². The molecule has 0 aromatic heterocycles. The monoisotopic (exact) mass is 318 g/mol. The van der Waals surface area contributed by atoms with Gasteiger partial charge in [0, 0.05) is 11.5 Å². The Hall–Kier alpha value is 0.200. The summed E-state index contributed by atoms with van der Waals surface area (Å²) in [6.07, 6.45) is -3.45. The second-order valence-electron chi connectivity index (χ2n) is 3.30. The van der Waals surface area contributed by atoms with Gasteiger partial charge in [0.05, 0.1) is 12.2 Å². The Labute approximate surface area is 108 Å². The minimum Gasteiger partial charge on any atom is -0.390 e. The van der Waals surface area contributed by atoms with Crippen LogP contribution in [0.2, 0.25) is 0 Å². The molecule has 2 unspecified atom stereocenters. The van der Waals surface area contributed by atoms with Crippen LogP contribution in [0.3, 0.4) is 0 Å². The zero-order valence-corrected chi connectivity index (χ0v) is 10.6. The highest BCUT2D eigenvalue weighted by Crippen LogP contribution is 2.32. The zero-order chi connectivity index (χ0) is 14.4. The third-order valence-electron chi connectivity index (χ3n) is 1.69. The summed E-state index contributed by atoms with van der Waals surface area (Å²) in [7, 11) is 0. The van der Waals surface area contributed by atoms with E-state index in [-0.39, 0.29) is 23.5 Å². The standard InChI is InChI=1S/C8H12F6O2S2/c9-3-7(11,12)17-1-5(15)6(16)2-18-8(13,14)4-10/h5-6,15-16H,1-4H2. The molecule has 0 aromatic rings. The predicted molar refractivity (Wildman–Crippen MR) is 58.8 cm³/mol. The molecule has 0 amide bonds. The number of rotatable bonds is 9. The van der Waals surface area contributed by atoms with E-state index >= 15 is 0 Å². The van der Waals surface area contributed by atoms with E-state index in [0.29, 0.717) is 0 Å². The zero-order valence-electron chi connectivity index (χ0n) is 8.96. The molecule has 0 bridgehead atoms. The minimum atomic E-state index is -3.70. The molecule has 0 aromatic carbocycles. The summed E-state index contributed by atoms with van der Waals surface area (Å²) in [6.45, 7) is -3.87. The average Bonchev–Trinajstić information content (AvgIpc) is 2.33. The lowest BCUT2D eigenvalue weighted by Crippen LogP contribution is -2.33. The highest BCUT2D eigenvalue weighted by Gasteiger charge is 2.34. The van der Waals surface area contributed by atoms with Crippen molar-refractivity contribution in [1.29, 1.82) is 0 Å². The van der Waals surface area contributed by atoms with Gasteiger partial charge in [0.25, 0.3) is 0 Å². The molecule has 0 aliphatic rings. The molecule has 0 saturated carbocycles. The molecule has 0 radical (unpaired) electrons. The van der Waals surface area contributed by atoms with Crippen molar-refractivity contribution < 1.29 is 36.6 Å². The second-order valence-corrected chi connectivity index (χ2v) is 5.74. The first-order valence-corrected chi connectivity index (χ1v) is 6.62. The normalized spacial score (nSPS) is 16.7. The predicted octanol–water partition coefficient (Wildman–Crippen LogP) is 2.30. The van der Waals surface area contributed by atoms with Crippen molar-refractivity contribution in [1.82, 2.24) is 0 Å². The maximum absolute atomic E-state index is 12.4. The summed E-state index contributed by atoms with van der Waals surface area (Å²) in [5.41, 5.74) is 0. The lowest BCUT2D eigenvalue weighted by Gasteiger charge is -2.20. The van der Waals surface area contributed by atoms with Gasteiger partial charge in [-0.2, -0.15) is 17.6 Å². The van der Waals surface area contributed by atoms with Crippen LogP contribution in [0.4, 0.5) is 26.3 Å². The third kappa shape index (κ3) is 7.59. The van der Waals surface area contributed by atoms with E-state index in [1.54, 1.807) is 0 Å². The molecule has 18 heavy (non-hydrogen) atoms. The van der Waals surface area contributed by atoms with E-state index in [4.69, 9.17) is 10.2 Å². The first-order valence-electron chi connectivity index (χ1n) is 4.65. The molecule has 2 nitrogen and oxygen atoms in total. The van der Waals surface area contributed by atoms with Crippen molar-refractivity contribution in [3.63, 3.8) is 0 Å². The minimum absolute atomic E-state index is 0.235. The Morgan fingerprint density at radius 2 is 1.06 bits per heavy atom. The van der Waals surface area contributed by atoms with Crippen LogP contribution < -0.4 is 0 Å². The van der Waals surface area contributed by atoms with Crippen molar-refractivity contribution in [2.24, 2.45) is 0 Å². The van der Waals surface area contributed by atoms with Gasteiger partial charge in [0.1, 0.15) is 0 Å². The van der Waals surface area contributed by atoms with Crippen LogP contribution in [-0.4, -0.2) is 57.8 Å². The lowest BCUT2D eigenvalue weighted by molar-refractivity contribution is 0.0421. The third-order valence-corrected chi connectivity index (χ3v) is 3.77. The van der Waals surface area contributed by atoms with Gasteiger partial charge in [0.2, 0.25) is 0 Å². The van der Waals surface area contributed by atoms with Gasteiger partial charge in [-0.15, -0.1) is 0 Å². The Balaban J connectivity index is 4.00. The van der Waals surface area contributed by atoms with Gasteiger partial charge in [-0.05, 0) is 0 Å². The first-order chi connectivity index (χ1) is 8.13. The second kappa shape index (κ2) is 7.71. The van der Waals surface area contributed by atoms with Crippen molar-refractivity contribution in [2.45, 2.75) is 22.7 Å². The summed E-state index contributed by atoms with van der Waals surface area (Å²) in [5.74, 6) is -1.44. The molecule has 0 aliphatic carbocycles. The van der Waals surface area contributed by atoms with Crippen LogP contribution in [0.25, 0.3) is 0 Å². The van der Waals surface area contributed by atoms with Gasteiger partial charge in [-0.3, -0.25) is 0 Å². The van der Waals surface area contributed by atoms with Gasteiger partial charge in [0.15, 0.2) is 13.3 Å². The maximum atomic E-state index is 12.4. The lowest BCUT2D eigenvalue weighted by atomic mass is 10.3. The number of hydrogen-bond donors (Lipinski definition) is 2. The fraction of sp³-hybridized carbons (Fsp3) is 1.00. The summed E-state index contributed by atoms with van der Waals surface area (Å²) in [6, 6.07) is 0. The van der Waals surface area contributed by atoms with Crippen LogP contribution in [0.5, 0.6) is 0 Å². The van der Waals surface area contributed by atoms with Crippen LogP contribution in [0.15, 0.2) is 0 Å². The fourth-order valence-electron chi connectivity index (χ4n) is 0.714. The van der Waals surface area contributed by atoms with E-state index in [0.717, 1.165) is 0 Å². The van der Waals surface area contributed by atoms with Crippen LogP contribution >= 0.6 is 23.5 Å². The van der Waals surface area contributed by atoms with Gasteiger partial charge >= 0.3 is 10.5 Å². The van der Waals surface area contributed by atoms with Gasteiger partial charge in [-0.1, -0.05) is 23.5 Å². The molecule has 0 fully saturated rings. The Bertz CT molecular complexity index is 220. The molecule has 10 heteroatoms. The van der Waals surface area contributed by atoms with Crippen molar-refractivity contribution in [2.75, 3.05) is 24.9 Å². The molecule has 0 rings (SSSR count). The largest absolute Gasteiger partial charge is 0.390 e. The smallest absolute Gasteiger partial charge is 0.321 e. The molecular formula is C8H12F6O2S2. The first kappa shape index (κ1) is 18.2. The molecule has 0 aliphatic heterocycles. The van der Waals surface area contributed by atoms with Crippen molar-refractivity contribution in [3.8, 4) is 0 Å². The average molecular weight is 318 g/mol. The number of halogens is 6.